The monoisotopic (exact) mass is 302 g/mol. The summed E-state index contributed by atoms with van der Waals surface area (Å²) in [7, 11) is -2.63. The number of nitrogens with two attached hydrogens (primary N) is 1. The first-order valence-electron chi connectivity index (χ1n) is 5.46. The summed E-state index contributed by atoms with van der Waals surface area (Å²) >= 11 is 0. The molecular formula is C11H14N2O6S. The second-order valence-corrected chi connectivity index (χ2v) is 5.37. The van der Waals surface area contributed by atoms with Gasteiger partial charge in [-0.2, -0.15) is 0 Å². The number of ether oxygens (including phenoxy) is 1. The molecule has 20 heavy (non-hydrogen) atoms. The molecule has 0 aliphatic carbocycles. The van der Waals surface area contributed by atoms with Gasteiger partial charge >= 0.3 is 5.97 Å². The van der Waals surface area contributed by atoms with Crippen molar-refractivity contribution in [3.63, 3.8) is 0 Å². The first kappa shape index (κ1) is 15.9. The highest BCUT2D eigenvalue weighted by atomic mass is 32.2. The molecule has 1 amide bonds. The zero-order chi connectivity index (χ0) is 15.3. The third kappa shape index (κ3) is 4.21. The minimum Gasteiger partial charge on any atom is -0.496 e. The smallest absolute Gasteiger partial charge is 0.305 e. The molecule has 1 rings (SSSR count). The van der Waals surface area contributed by atoms with Crippen LogP contribution in [0.5, 0.6) is 5.75 Å². The number of carboxylic acid groups (broad SMARTS) is 1. The van der Waals surface area contributed by atoms with Gasteiger partial charge in [-0.3, -0.25) is 9.59 Å². The molecule has 1 aromatic rings. The number of carboxylic acids is 1. The highest BCUT2D eigenvalue weighted by Crippen LogP contribution is 2.21. The van der Waals surface area contributed by atoms with E-state index in [9.17, 15) is 18.0 Å². The standard InChI is InChI=1S/C11H14N2O6S/c1-19-9-3-2-7(20(12,17)18)6-8(9)11(16)13-5-4-10(14)15/h2-3,6H,4-5H2,1H3,(H,13,16)(H,14,15)(H2,12,17,18). The van der Waals surface area contributed by atoms with E-state index in [2.05, 4.69) is 5.32 Å². The van der Waals surface area contributed by atoms with E-state index in [1.807, 2.05) is 0 Å². The van der Waals surface area contributed by atoms with Gasteiger partial charge in [-0.1, -0.05) is 0 Å². The van der Waals surface area contributed by atoms with Crippen LogP contribution in [-0.2, 0) is 14.8 Å². The summed E-state index contributed by atoms with van der Waals surface area (Å²) < 4.78 is 27.4. The fraction of sp³-hybridized carbons (Fsp3) is 0.273. The Bertz CT molecular complexity index is 626. The molecule has 0 aliphatic rings. The average Bonchev–Trinajstić information content (AvgIpc) is 2.36. The number of aliphatic carboxylic acids is 1. The lowest BCUT2D eigenvalue weighted by Gasteiger charge is -2.10. The molecule has 4 N–H and O–H groups in total. The van der Waals surface area contributed by atoms with Crippen LogP contribution in [0.25, 0.3) is 0 Å². The maximum Gasteiger partial charge on any atom is 0.305 e. The van der Waals surface area contributed by atoms with E-state index >= 15 is 0 Å². The van der Waals surface area contributed by atoms with Gasteiger partial charge in [-0.05, 0) is 18.2 Å². The maximum atomic E-state index is 11.9. The van der Waals surface area contributed by atoms with Crippen molar-refractivity contribution >= 4 is 21.9 Å². The average molecular weight is 302 g/mol. The Morgan fingerprint density at radius 3 is 2.55 bits per heavy atom. The molecule has 0 unspecified atom stereocenters. The normalized spacial score (nSPS) is 10.9. The highest BCUT2D eigenvalue weighted by molar-refractivity contribution is 7.89. The molecule has 110 valence electrons. The maximum absolute atomic E-state index is 11.9. The first-order valence-corrected chi connectivity index (χ1v) is 7.01. The molecule has 0 heterocycles. The zero-order valence-corrected chi connectivity index (χ0v) is 11.4. The first-order chi connectivity index (χ1) is 9.25. The number of carbonyl (C=O) groups is 2. The van der Waals surface area contributed by atoms with Crippen molar-refractivity contribution in [2.24, 2.45) is 5.14 Å². The molecule has 0 fully saturated rings. The summed E-state index contributed by atoms with van der Waals surface area (Å²) in [6.45, 7) is -0.0864. The lowest BCUT2D eigenvalue weighted by molar-refractivity contribution is -0.136. The molecule has 0 spiro atoms. The van der Waals surface area contributed by atoms with Crippen molar-refractivity contribution in [1.82, 2.24) is 5.32 Å². The second-order valence-electron chi connectivity index (χ2n) is 3.81. The van der Waals surface area contributed by atoms with E-state index in [0.29, 0.717) is 0 Å². The Hall–Kier alpha value is -2.13. The molecule has 0 atom stereocenters. The lowest BCUT2D eigenvalue weighted by Crippen LogP contribution is -2.26. The molecule has 0 bridgehead atoms. The van der Waals surface area contributed by atoms with Gasteiger partial charge in [0.2, 0.25) is 10.0 Å². The Labute approximate surface area is 115 Å². The van der Waals surface area contributed by atoms with E-state index < -0.39 is 21.9 Å². The van der Waals surface area contributed by atoms with E-state index in [0.717, 1.165) is 6.07 Å². The molecule has 0 saturated carbocycles. The largest absolute Gasteiger partial charge is 0.496 e. The third-order valence-corrected chi connectivity index (χ3v) is 3.28. The van der Waals surface area contributed by atoms with Crippen LogP contribution in [0.15, 0.2) is 23.1 Å². The minimum atomic E-state index is -3.95. The molecule has 0 aliphatic heterocycles. The number of benzene rings is 1. The molecule has 9 heteroatoms. The highest BCUT2D eigenvalue weighted by Gasteiger charge is 2.17. The summed E-state index contributed by atoms with van der Waals surface area (Å²) in [5.41, 5.74) is -0.0376. The van der Waals surface area contributed by atoms with E-state index in [1.165, 1.54) is 19.2 Å². The van der Waals surface area contributed by atoms with Gasteiger partial charge in [0.15, 0.2) is 0 Å². The zero-order valence-electron chi connectivity index (χ0n) is 10.6. The molecule has 1 aromatic carbocycles. The summed E-state index contributed by atoms with van der Waals surface area (Å²) in [6.07, 6.45) is -0.247. The van der Waals surface area contributed by atoms with Crippen LogP contribution in [0.3, 0.4) is 0 Å². The number of nitrogens with one attached hydrogen (secondary N) is 1. The van der Waals surface area contributed by atoms with Crippen molar-refractivity contribution in [3.8, 4) is 5.75 Å². The number of hydrogen-bond acceptors (Lipinski definition) is 5. The number of hydrogen-bond donors (Lipinski definition) is 3. The van der Waals surface area contributed by atoms with Gasteiger partial charge in [-0.25, -0.2) is 13.6 Å². The van der Waals surface area contributed by atoms with Crippen LogP contribution in [0.1, 0.15) is 16.8 Å². The van der Waals surface area contributed by atoms with Gasteiger partial charge in [0.05, 0.1) is 24.0 Å². The van der Waals surface area contributed by atoms with Crippen LogP contribution >= 0.6 is 0 Å². The van der Waals surface area contributed by atoms with Gasteiger partial charge in [0.25, 0.3) is 5.91 Å². The van der Waals surface area contributed by atoms with Crippen molar-refractivity contribution in [2.45, 2.75) is 11.3 Å². The molecule has 0 aromatic heterocycles. The van der Waals surface area contributed by atoms with E-state index in [4.69, 9.17) is 15.0 Å². The SMILES string of the molecule is COc1ccc(S(N)(=O)=O)cc1C(=O)NCCC(=O)O. The predicted octanol–water partition coefficient (Wildman–Crippen LogP) is -0.453. The molecule has 0 saturated heterocycles. The number of primary sulfonamides is 1. The summed E-state index contributed by atoms with van der Waals surface area (Å²) in [5.74, 6) is -1.55. The predicted molar refractivity (Wildman–Crippen MR) is 69.0 cm³/mol. The topological polar surface area (TPSA) is 136 Å². The van der Waals surface area contributed by atoms with Gasteiger partial charge in [-0.15, -0.1) is 0 Å². The fourth-order valence-electron chi connectivity index (χ4n) is 1.42. The third-order valence-electron chi connectivity index (χ3n) is 2.37. The van der Waals surface area contributed by atoms with Gasteiger partial charge < -0.3 is 15.2 Å². The van der Waals surface area contributed by atoms with Crippen LogP contribution in [-0.4, -0.2) is 39.1 Å². The number of sulfonamides is 1. The molecule has 8 nitrogen and oxygen atoms in total. The number of rotatable bonds is 6. The van der Waals surface area contributed by atoms with Crippen LogP contribution < -0.4 is 15.2 Å². The molecule has 0 radical (unpaired) electrons. The van der Waals surface area contributed by atoms with E-state index in [1.54, 1.807) is 0 Å². The minimum absolute atomic E-state index is 0.0376. The van der Waals surface area contributed by atoms with Crippen LogP contribution in [0, 0.1) is 0 Å². The number of methoxy groups -OCH3 is 1. The summed E-state index contributed by atoms with van der Waals surface area (Å²) in [5, 5.41) is 15.8. The van der Waals surface area contributed by atoms with Crippen molar-refractivity contribution < 1.29 is 27.9 Å². The quantitative estimate of drug-likeness (QED) is 0.651. The van der Waals surface area contributed by atoms with Gasteiger partial charge in [0, 0.05) is 6.54 Å². The van der Waals surface area contributed by atoms with E-state index in [-0.39, 0.29) is 29.2 Å². The lowest BCUT2D eigenvalue weighted by atomic mass is 10.2. The van der Waals surface area contributed by atoms with Crippen molar-refractivity contribution in [3.05, 3.63) is 23.8 Å². The summed E-state index contributed by atoms with van der Waals surface area (Å²) in [6, 6.07) is 3.58. The fourth-order valence-corrected chi connectivity index (χ4v) is 1.96. The number of amides is 1. The second kappa shape index (κ2) is 6.35. The number of carbonyl (C=O) groups excluding carboxylic acids is 1. The summed E-state index contributed by atoms with van der Waals surface area (Å²) in [4.78, 5) is 22.0. The van der Waals surface area contributed by atoms with Crippen molar-refractivity contribution in [1.29, 1.82) is 0 Å². The molecular weight excluding hydrogens is 288 g/mol. The Kier molecular flexibility index (Phi) is 5.06. The van der Waals surface area contributed by atoms with Crippen LogP contribution in [0.2, 0.25) is 0 Å². The Morgan fingerprint density at radius 1 is 1.40 bits per heavy atom. The Morgan fingerprint density at radius 2 is 2.05 bits per heavy atom. The van der Waals surface area contributed by atoms with Gasteiger partial charge in [0.1, 0.15) is 5.75 Å². The van der Waals surface area contributed by atoms with Crippen LogP contribution in [0.4, 0.5) is 0 Å². The van der Waals surface area contributed by atoms with Crippen molar-refractivity contribution in [2.75, 3.05) is 13.7 Å². The Balaban J connectivity index is 3.02.